The van der Waals surface area contributed by atoms with Gasteiger partial charge in [0, 0.05) is 23.0 Å². The number of hydrogen-bond acceptors (Lipinski definition) is 3. The third kappa shape index (κ3) is 3.15. The van der Waals surface area contributed by atoms with E-state index in [0.29, 0.717) is 18.5 Å². The Balaban J connectivity index is 1.98. The van der Waals surface area contributed by atoms with E-state index >= 15 is 0 Å². The summed E-state index contributed by atoms with van der Waals surface area (Å²) in [6, 6.07) is 8.47. The summed E-state index contributed by atoms with van der Waals surface area (Å²) in [5.41, 5.74) is 0.833. The highest BCUT2D eigenvalue weighted by atomic mass is 32.2. The zero-order chi connectivity index (χ0) is 13.1. The molecule has 1 aromatic rings. The largest absolute Gasteiger partial charge is 0.293 e. The van der Waals surface area contributed by atoms with Crippen molar-refractivity contribution in [1.82, 2.24) is 4.90 Å². The molecule has 0 aliphatic carbocycles. The lowest BCUT2D eigenvalue weighted by molar-refractivity contribution is 0.0925. The van der Waals surface area contributed by atoms with Gasteiger partial charge in [-0.15, -0.1) is 11.8 Å². The van der Waals surface area contributed by atoms with Gasteiger partial charge in [0.05, 0.1) is 6.54 Å². The van der Waals surface area contributed by atoms with Crippen LogP contribution < -0.4 is 0 Å². The Morgan fingerprint density at radius 1 is 1.33 bits per heavy atom. The van der Waals surface area contributed by atoms with E-state index in [0.717, 1.165) is 12.1 Å². The van der Waals surface area contributed by atoms with Gasteiger partial charge in [0.15, 0.2) is 5.78 Å². The number of likely N-dealkylation sites (tertiary alicyclic amines) is 1. The minimum atomic E-state index is 0.239. The number of carbonyl (C=O) groups is 1. The van der Waals surface area contributed by atoms with Crippen LogP contribution in [0.25, 0.3) is 0 Å². The first-order chi connectivity index (χ1) is 8.60. The van der Waals surface area contributed by atoms with Crippen molar-refractivity contribution in [2.45, 2.75) is 31.2 Å². The molecule has 0 amide bonds. The van der Waals surface area contributed by atoms with E-state index in [2.05, 4.69) is 18.7 Å². The maximum atomic E-state index is 12.2. The van der Waals surface area contributed by atoms with Crippen molar-refractivity contribution < 1.29 is 4.79 Å². The lowest BCUT2D eigenvalue weighted by atomic mass is 10.1. The van der Waals surface area contributed by atoms with Crippen LogP contribution in [0, 0.1) is 5.92 Å². The average molecular weight is 263 g/mol. The maximum absolute atomic E-state index is 12.2. The average Bonchev–Trinajstić information content (AvgIpc) is 2.68. The summed E-state index contributed by atoms with van der Waals surface area (Å²) in [5, 5.41) is 0. The van der Waals surface area contributed by atoms with Gasteiger partial charge in [-0.25, -0.2) is 0 Å². The minimum absolute atomic E-state index is 0.239. The van der Waals surface area contributed by atoms with Crippen LogP contribution in [-0.2, 0) is 0 Å². The van der Waals surface area contributed by atoms with Gasteiger partial charge in [-0.2, -0.15) is 0 Å². The topological polar surface area (TPSA) is 20.3 Å². The molecule has 1 fully saturated rings. The quantitative estimate of drug-likeness (QED) is 0.614. The lowest BCUT2D eigenvalue weighted by Gasteiger charge is -2.19. The molecule has 18 heavy (non-hydrogen) atoms. The first kappa shape index (κ1) is 13.6. The van der Waals surface area contributed by atoms with Crippen LogP contribution in [-0.4, -0.2) is 36.1 Å². The molecular formula is C15H21NOS. The van der Waals surface area contributed by atoms with Crippen LogP contribution in [0.4, 0.5) is 0 Å². The number of ketones is 1. The molecule has 0 radical (unpaired) electrons. The molecule has 3 heteroatoms. The molecule has 0 N–H and O–H groups in total. The molecular weight excluding hydrogens is 242 g/mol. The van der Waals surface area contributed by atoms with Crippen molar-refractivity contribution >= 4 is 17.5 Å². The van der Waals surface area contributed by atoms with E-state index in [9.17, 15) is 4.79 Å². The van der Waals surface area contributed by atoms with Crippen molar-refractivity contribution in [3.63, 3.8) is 0 Å². The van der Waals surface area contributed by atoms with Gasteiger partial charge < -0.3 is 0 Å². The SMILES string of the molecule is CSc1ccc(C(=O)CN2CC(C)CC2C)cc1. The van der Waals surface area contributed by atoms with E-state index < -0.39 is 0 Å². The molecule has 1 saturated heterocycles. The van der Waals surface area contributed by atoms with Gasteiger partial charge in [0.1, 0.15) is 0 Å². The van der Waals surface area contributed by atoms with Gasteiger partial charge in [-0.1, -0.05) is 19.1 Å². The van der Waals surface area contributed by atoms with Crippen LogP contribution in [0.3, 0.4) is 0 Å². The predicted molar refractivity (Wildman–Crippen MR) is 77.4 cm³/mol. The van der Waals surface area contributed by atoms with Crippen LogP contribution in [0.15, 0.2) is 29.2 Å². The Labute approximate surface area is 114 Å². The second kappa shape index (κ2) is 5.89. The number of thioether (sulfide) groups is 1. The Morgan fingerprint density at radius 3 is 2.50 bits per heavy atom. The molecule has 98 valence electrons. The fourth-order valence-corrected chi connectivity index (χ4v) is 3.07. The third-order valence-electron chi connectivity index (χ3n) is 3.67. The van der Waals surface area contributed by atoms with E-state index in [1.807, 2.05) is 30.5 Å². The predicted octanol–water partition coefficient (Wildman–Crippen LogP) is 3.32. The number of benzene rings is 1. The van der Waals surface area contributed by atoms with Crippen molar-refractivity contribution in [3.05, 3.63) is 29.8 Å². The summed E-state index contributed by atoms with van der Waals surface area (Å²) in [4.78, 5) is 15.7. The highest BCUT2D eigenvalue weighted by Crippen LogP contribution is 2.22. The second-order valence-electron chi connectivity index (χ2n) is 5.27. The Bertz CT molecular complexity index is 415. The Morgan fingerprint density at radius 2 is 2.00 bits per heavy atom. The van der Waals surface area contributed by atoms with Crippen molar-refractivity contribution in [2.75, 3.05) is 19.3 Å². The molecule has 0 saturated carbocycles. The van der Waals surface area contributed by atoms with Gasteiger partial charge in [-0.05, 0) is 37.7 Å². The molecule has 1 aliphatic heterocycles. The van der Waals surface area contributed by atoms with Gasteiger partial charge in [0.25, 0.3) is 0 Å². The fourth-order valence-electron chi connectivity index (χ4n) is 2.66. The van der Waals surface area contributed by atoms with E-state index in [1.165, 1.54) is 11.3 Å². The molecule has 1 heterocycles. The summed E-state index contributed by atoms with van der Waals surface area (Å²) >= 11 is 1.70. The number of rotatable bonds is 4. The zero-order valence-corrected chi connectivity index (χ0v) is 12.2. The molecule has 2 atom stereocenters. The van der Waals surface area contributed by atoms with Gasteiger partial charge in [0.2, 0.25) is 0 Å². The molecule has 2 nitrogen and oxygen atoms in total. The number of Topliss-reactive ketones (excluding diaryl/α,β-unsaturated/α-hetero) is 1. The summed E-state index contributed by atoms with van der Waals surface area (Å²) < 4.78 is 0. The monoisotopic (exact) mass is 263 g/mol. The zero-order valence-electron chi connectivity index (χ0n) is 11.3. The van der Waals surface area contributed by atoms with E-state index in [4.69, 9.17) is 0 Å². The van der Waals surface area contributed by atoms with Crippen LogP contribution >= 0.6 is 11.8 Å². The summed E-state index contributed by atoms with van der Waals surface area (Å²) in [6.45, 7) is 6.09. The third-order valence-corrected chi connectivity index (χ3v) is 4.42. The number of carbonyl (C=O) groups excluding carboxylic acids is 1. The molecule has 1 aromatic carbocycles. The first-order valence-electron chi connectivity index (χ1n) is 6.51. The Hall–Kier alpha value is -0.800. The molecule has 2 rings (SSSR count). The highest BCUT2D eigenvalue weighted by Gasteiger charge is 2.27. The van der Waals surface area contributed by atoms with Gasteiger partial charge in [-0.3, -0.25) is 9.69 Å². The molecule has 1 aliphatic rings. The van der Waals surface area contributed by atoms with Crippen LogP contribution in [0.1, 0.15) is 30.6 Å². The maximum Gasteiger partial charge on any atom is 0.176 e. The smallest absolute Gasteiger partial charge is 0.176 e. The first-order valence-corrected chi connectivity index (χ1v) is 7.74. The second-order valence-corrected chi connectivity index (χ2v) is 6.15. The molecule has 0 bridgehead atoms. The fraction of sp³-hybridized carbons (Fsp3) is 0.533. The van der Waals surface area contributed by atoms with E-state index in [-0.39, 0.29) is 5.78 Å². The van der Waals surface area contributed by atoms with Crippen LogP contribution in [0.2, 0.25) is 0 Å². The molecule has 0 spiro atoms. The van der Waals surface area contributed by atoms with Crippen molar-refractivity contribution in [3.8, 4) is 0 Å². The molecule has 2 unspecified atom stereocenters. The molecule has 0 aromatic heterocycles. The summed E-state index contributed by atoms with van der Waals surface area (Å²) in [5.74, 6) is 0.954. The summed E-state index contributed by atoms with van der Waals surface area (Å²) in [7, 11) is 0. The minimum Gasteiger partial charge on any atom is -0.293 e. The highest BCUT2D eigenvalue weighted by molar-refractivity contribution is 7.98. The van der Waals surface area contributed by atoms with Gasteiger partial charge >= 0.3 is 0 Å². The number of hydrogen-bond donors (Lipinski definition) is 0. The van der Waals surface area contributed by atoms with Crippen molar-refractivity contribution in [1.29, 1.82) is 0 Å². The Kier molecular flexibility index (Phi) is 4.46. The summed E-state index contributed by atoms with van der Waals surface area (Å²) in [6.07, 6.45) is 3.25. The van der Waals surface area contributed by atoms with Crippen LogP contribution in [0.5, 0.6) is 0 Å². The van der Waals surface area contributed by atoms with Crippen molar-refractivity contribution in [2.24, 2.45) is 5.92 Å². The lowest BCUT2D eigenvalue weighted by Crippen LogP contribution is -2.32. The van der Waals surface area contributed by atoms with E-state index in [1.54, 1.807) is 11.8 Å². The standard InChI is InChI=1S/C15H21NOS/c1-11-8-12(2)16(9-11)10-15(17)13-4-6-14(18-3)7-5-13/h4-7,11-12H,8-10H2,1-3H3. The number of nitrogens with zero attached hydrogens (tertiary/aromatic N) is 1. The normalized spacial score (nSPS) is 24.4.